The highest BCUT2D eigenvalue weighted by Gasteiger charge is 2.27. The van der Waals surface area contributed by atoms with Crippen molar-refractivity contribution < 1.29 is 0 Å². The van der Waals surface area contributed by atoms with E-state index in [0.717, 1.165) is 53.5 Å². The molecule has 0 spiro atoms. The fourth-order valence-corrected chi connectivity index (χ4v) is 4.79. The lowest BCUT2D eigenvalue weighted by molar-refractivity contribution is 0.503. The van der Waals surface area contributed by atoms with Crippen LogP contribution in [0.15, 0.2) is 101 Å². The first-order chi connectivity index (χ1) is 16.7. The molecular weight excluding hydrogens is 416 g/mol. The van der Waals surface area contributed by atoms with E-state index in [9.17, 15) is 10.7 Å². The minimum Gasteiger partial charge on any atom is -0.775 e. The van der Waals surface area contributed by atoms with E-state index >= 15 is 0 Å². The van der Waals surface area contributed by atoms with E-state index in [-0.39, 0.29) is 11.4 Å². The number of nitrogens with zero attached hydrogens (tertiary/aromatic N) is 4. The summed E-state index contributed by atoms with van der Waals surface area (Å²) in [5.74, 6) is 2.47. The van der Waals surface area contributed by atoms with E-state index in [0.29, 0.717) is 17.1 Å². The first kappa shape index (κ1) is 22.5. The van der Waals surface area contributed by atoms with Gasteiger partial charge in [0.25, 0.3) is 5.70 Å². The van der Waals surface area contributed by atoms with Crippen LogP contribution in [0.3, 0.4) is 0 Å². The van der Waals surface area contributed by atoms with Crippen LogP contribution >= 0.6 is 0 Å². The number of benzene rings is 2. The van der Waals surface area contributed by atoms with Crippen molar-refractivity contribution in [2.24, 2.45) is 5.92 Å². The molecular formula is C30H21N4-. The molecule has 2 aliphatic rings. The maximum atomic E-state index is 9.64. The molecule has 0 radical (unpaired) electrons. The van der Waals surface area contributed by atoms with Gasteiger partial charge >= 0.3 is 0 Å². The van der Waals surface area contributed by atoms with Crippen LogP contribution in [0.25, 0.3) is 26.2 Å². The Morgan fingerprint density at radius 2 is 1.53 bits per heavy atom. The van der Waals surface area contributed by atoms with Crippen molar-refractivity contribution in [3.8, 4) is 6.07 Å². The van der Waals surface area contributed by atoms with E-state index < -0.39 is 0 Å². The predicted molar refractivity (Wildman–Crippen MR) is 136 cm³/mol. The van der Waals surface area contributed by atoms with E-state index in [4.69, 9.17) is 13.1 Å². The number of rotatable bonds is 4. The summed E-state index contributed by atoms with van der Waals surface area (Å²) in [6.07, 6.45) is 7.71. The van der Waals surface area contributed by atoms with Crippen LogP contribution in [0.4, 0.5) is 0 Å². The first-order valence-corrected chi connectivity index (χ1v) is 11.1. The van der Waals surface area contributed by atoms with Gasteiger partial charge in [0.15, 0.2) is 0 Å². The van der Waals surface area contributed by atoms with Gasteiger partial charge in [0.2, 0.25) is 5.70 Å². The van der Waals surface area contributed by atoms with Crippen LogP contribution in [0, 0.1) is 30.4 Å². The topological polar surface area (TPSA) is 54.8 Å². The van der Waals surface area contributed by atoms with Crippen molar-refractivity contribution in [2.45, 2.75) is 25.7 Å². The Bertz CT molecular complexity index is 1390. The summed E-state index contributed by atoms with van der Waals surface area (Å²) in [5.41, 5.74) is 6.42. The molecule has 4 nitrogen and oxygen atoms in total. The highest BCUT2D eigenvalue weighted by atomic mass is 14.7. The molecule has 1 atom stereocenters. The van der Waals surface area contributed by atoms with Crippen molar-refractivity contribution in [2.75, 3.05) is 0 Å². The van der Waals surface area contributed by atoms with Gasteiger partial charge in [-0.05, 0) is 65.0 Å². The largest absolute Gasteiger partial charge is 0.775 e. The van der Waals surface area contributed by atoms with Crippen molar-refractivity contribution in [1.29, 1.82) is 5.26 Å². The van der Waals surface area contributed by atoms with Gasteiger partial charge < -0.3 is 5.41 Å². The first-order valence-electron chi connectivity index (χ1n) is 11.1. The fourth-order valence-electron chi connectivity index (χ4n) is 4.79. The molecule has 2 aromatic carbocycles. The third-order valence-corrected chi connectivity index (χ3v) is 6.35. The van der Waals surface area contributed by atoms with Crippen LogP contribution < -0.4 is 0 Å². The molecule has 0 N–H and O–H groups in total. The Kier molecular flexibility index (Phi) is 6.81. The zero-order chi connectivity index (χ0) is 23.9. The highest BCUT2D eigenvalue weighted by molar-refractivity contribution is 5.94. The van der Waals surface area contributed by atoms with Gasteiger partial charge in [0.1, 0.15) is 0 Å². The second kappa shape index (κ2) is 10.3. The van der Waals surface area contributed by atoms with Gasteiger partial charge in [-0.3, -0.25) is 5.87 Å². The Labute approximate surface area is 200 Å². The molecule has 0 aliphatic heterocycles. The summed E-state index contributed by atoms with van der Waals surface area (Å²) in [6.45, 7) is 15.1. The van der Waals surface area contributed by atoms with Crippen LogP contribution in [-0.4, -0.2) is 5.87 Å². The van der Waals surface area contributed by atoms with Gasteiger partial charge in [0, 0.05) is 5.57 Å². The zero-order valence-corrected chi connectivity index (χ0v) is 18.6. The third-order valence-electron chi connectivity index (χ3n) is 6.35. The van der Waals surface area contributed by atoms with Gasteiger partial charge in [-0.1, -0.05) is 72.8 Å². The van der Waals surface area contributed by atoms with Gasteiger partial charge in [-0.2, -0.15) is 0 Å². The van der Waals surface area contributed by atoms with E-state index in [1.165, 1.54) is 0 Å². The third kappa shape index (κ3) is 4.44. The minimum atomic E-state index is 0.0983. The van der Waals surface area contributed by atoms with Crippen LogP contribution in [0.2, 0.25) is 0 Å². The molecule has 4 rings (SSSR count). The Morgan fingerprint density at radius 3 is 2.12 bits per heavy atom. The van der Waals surface area contributed by atoms with Crippen molar-refractivity contribution in [3.63, 3.8) is 0 Å². The van der Waals surface area contributed by atoms with Gasteiger partial charge in [0.05, 0.1) is 19.2 Å². The molecule has 2 aromatic rings. The quantitative estimate of drug-likeness (QED) is 0.279. The second-order valence-electron chi connectivity index (χ2n) is 8.24. The zero-order valence-electron chi connectivity index (χ0n) is 18.6. The Hall–Kier alpha value is -4.68. The van der Waals surface area contributed by atoms with Crippen LogP contribution in [0.1, 0.15) is 36.8 Å². The lowest BCUT2D eigenvalue weighted by atomic mass is 9.74. The second-order valence-corrected chi connectivity index (χ2v) is 8.24. The lowest BCUT2D eigenvalue weighted by Crippen LogP contribution is -2.15. The molecule has 0 bridgehead atoms. The smallest absolute Gasteiger partial charge is 0.269 e. The summed E-state index contributed by atoms with van der Waals surface area (Å²) < 4.78 is 0. The molecule has 34 heavy (non-hydrogen) atoms. The number of hydrogen-bond acceptors (Lipinski definition) is 1. The highest BCUT2D eigenvalue weighted by Crippen LogP contribution is 2.44. The number of nitriles is 1. The monoisotopic (exact) mass is 437 g/mol. The summed E-state index contributed by atoms with van der Waals surface area (Å²) in [7, 11) is 0. The maximum Gasteiger partial charge on any atom is 0.269 e. The number of fused-ring (bicyclic) bond motifs is 1. The summed E-state index contributed by atoms with van der Waals surface area (Å²) in [4.78, 5) is 7.03. The average molecular weight is 438 g/mol. The van der Waals surface area contributed by atoms with Gasteiger partial charge in [-0.15, -0.1) is 0 Å². The SMILES string of the molecule is [C-]#[N+]C(=C=[N-])/C(=C1\C=C2C=C(/C(=C(/C#N)[N+]#[C-])c3ccccc3)CCC2CC1)c1ccccc1. The normalized spacial score (nSPS) is 18.9. The molecule has 0 saturated heterocycles. The minimum absolute atomic E-state index is 0.0983. The molecule has 0 amide bonds. The Balaban J connectivity index is 1.89. The summed E-state index contributed by atoms with van der Waals surface area (Å²) in [6, 6.07) is 21.3. The van der Waals surface area contributed by atoms with Crippen LogP contribution in [0.5, 0.6) is 0 Å². The molecule has 162 valence electrons. The number of allylic oxidation sites excluding steroid dienone is 8. The average Bonchev–Trinajstić information content (AvgIpc) is 2.90. The summed E-state index contributed by atoms with van der Waals surface area (Å²) in [5, 5.41) is 19.3. The van der Waals surface area contributed by atoms with Gasteiger partial charge in [-0.25, -0.2) is 15.0 Å². The fraction of sp³-hybridized carbons (Fsp3) is 0.167. The molecule has 0 aromatic heterocycles. The van der Waals surface area contributed by atoms with Crippen molar-refractivity contribution in [1.82, 2.24) is 0 Å². The molecule has 0 fully saturated rings. The Morgan fingerprint density at radius 1 is 0.882 bits per heavy atom. The summed E-state index contributed by atoms with van der Waals surface area (Å²) >= 11 is 0. The van der Waals surface area contributed by atoms with Crippen molar-refractivity contribution in [3.05, 3.63) is 140 Å². The van der Waals surface area contributed by atoms with E-state index in [2.05, 4.69) is 33.8 Å². The molecule has 4 heteroatoms. The number of hydrogen-bond donors (Lipinski definition) is 0. The molecule has 0 heterocycles. The predicted octanol–water partition coefficient (Wildman–Crippen LogP) is 7.39. The standard InChI is InChI=1S/C30H21N4/c1-33-27(19-31)29(22-9-5-3-6-10-22)24-15-13-21-14-16-25(18-26(21)17-24)30(28(20-32)34-2)23-11-7-4-8-12-23/h3-12,17-18,21H,13-16H2/q-1/b29-24-,30-28-. The maximum absolute atomic E-state index is 9.64. The molecule has 1 unspecified atom stereocenters. The molecule has 0 saturated carbocycles. The van der Waals surface area contributed by atoms with E-state index in [1.54, 1.807) is 0 Å². The van der Waals surface area contributed by atoms with E-state index in [1.807, 2.05) is 60.7 Å². The van der Waals surface area contributed by atoms with Crippen molar-refractivity contribution >= 4 is 17.0 Å². The molecule has 2 aliphatic carbocycles. The lowest BCUT2D eigenvalue weighted by Gasteiger charge is -2.31. The van der Waals surface area contributed by atoms with Crippen LogP contribution in [-0.2, 0) is 0 Å².